The smallest absolute Gasteiger partial charge is 0.228 e. The van der Waals surface area contributed by atoms with E-state index in [0.717, 1.165) is 0 Å². The number of ether oxygens (including phenoxy) is 3. The van der Waals surface area contributed by atoms with Gasteiger partial charge >= 0.3 is 0 Å². The van der Waals surface area contributed by atoms with E-state index in [1.54, 1.807) is 0 Å². The Morgan fingerprint density at radius 1 is 1.33 bits per heavy atom. The number of benzene rings is 1. The molecule has 1 N–H and O–H groups in total. The molecule has 0 saturated heterocycles. The van der Waals surface area contributed by atoms with Crippen molar-refractivity contribution in [2.45, 2.75) is 11.9 Å². The Bertz CT molecular complexity index is 346. The summed E-state index contributed by atoms with van der Waals surface area (Å²) in [6.45, 7) is 0.165. The molecule has 1 aliphatic heterocycles. The molecule has 0 bridgehead atoms. The minimum atomic E-state index is -1.12. The minimum Gasteiger partial charge on any atom is -0.490 e. The molecule has 1 aromatic carbocycles. The molecule has 1 heterocycles. The quantitative estimate of drug-likeness (QED) is 0.736. The maximum Gasteiger partial charge on any atom is 0.228 e. The van der Waals surface area contributed by atoms with E-state index in [1.807, 2.05) is 24.3 Å². The van der Waals surface area contributed by atoms with Gasteiger partial charge < -0.3 is 19.3 Å². The summed E-state index contributed by atoms with van der Waals surface area (Å²) in [6.07, 6.45) is -0.831. The molecule has 4 heteroatoms. The van der Waals surface area contributed by atoms with Crippen LogP contribution < -0.4 is 4.74 Å². The number of fused-ring (bicyclic) bond motifs is 1. The molecule has 0 aromatic heterocycles. The van der Waals surface area contributed by atoms with E-state index in [1.165, 1.54) is 14.2 Å². The van der Waals surface area contributed by atoms with E-state index in [-0.39, 0.29) is 6.61 Å². The van der Waals surface area contributed by atoms with Crippen molar-refractivity contribution < 1.29 is 19.3 Å². The van der Waals surface area contributed by atoms with Crippen LogP contribution in [0, 0.1) is 0 Å². The van der Waals surface area contributed by atoms with Crippen LogP contribution in [-0.2, 0) is 15.3 Å². The van der Waals surface area contributed by atoms with E-state index < -0.39 is 11.9 Å². The van der Waals surface area contributed by atoms with E-state index >= 15 is 0 Å². The fourth-order valence-electron chi connectivity index (χ4n) is 1.91. The average Bonchev–Trinajstić information content (AvgIpc) is 2.30. The summed E-state index contributed by atoms with van der Waals surface area (Å²) in [5.41, 5.74) is 0.716. The highest BCUT2D eigenvalue weighted by atomic mass is 16.7. The lowest BCUT2D eigenvalue weighted by Crippen LogP contribution is -2.49. The SMILES string of the molecule is COC1(OC)c2ccccc2OCC1O. The minimum absolute atomic E-state index is 0.165. The third kappa shape index (κ3) is 1.42. The highest BCUT2D eigenvalue weighted by Crippen LogP contribution is 2.39. The molecule has 4 nitrogen and oxygen atoms in total. The molecule has 0 radical (unpaired) electrons. The van der Waals surface area contributed by atoms with Gasteiger partial charge in [0.25, 0.3) is 0 Å². The maximum atomic E-state index is 9.89. The van der Waals surface area contributed by atoms with Crippen molar-refractivity contribution in [3.05, 3.63) is 29.8 Å². The van der Waals surface area contributed by atoms with Crippen molar-refractivity contribution in [1.82, 2.24) is 0 Å². The van der Waals surface area contributed by atoms with Gasteiger partial charge in [0.05, 0.1) is 5.56 Å². The molecule has 1 atom stereocenters. The average molecular weight is 210 g/mol. The third-order valence-electron chi connectivity index (χ3n) is 2.70. The zero-order chi connectivity index (χ0) is 10.9. The van der Waals surface area contributed by atoms with Crippen molar-refractivity contribution in [1.29, 1.82) is 0 Å². The van der Waals surface area contributed by atoms with Crippen LogP contribution in [0.4, 0.5) is 0 Å². The van der Waals surface area contributed by atoms with E-state index in [2.05, 4.69) is 0 Å². The molecule has 82 valence electrons. The molecular weight excluding hydrogens is 196 g/mol. The van der Waals surface area contributed by atoms with Crippen LogP contribution in [0.3, 0.4) is 0 Å². The van der Waals surface area contributed by atoms with Crippen LogP contribution in [0.15, 0.2) is 24.3 Å². The lowest BCUT2D eigenvalue weighted by molar-refractivity contribution is -0.280. The molecular formula is C11H14O4. The summed E-state index contributed by atoms with van der Waals surface area (Å²) >= 11 is 0. The Labute approximate surface area is 88.4 Å². The third-order valence-corrected chi connectivity index (χ3v) is 2.70. The van der Waals surface area contributed by atoms with Gasteiger partial charge in [-0.05, 0) is 12.1 Å². The van der Waals surface area contributed by atoms with Gasteiger partial charge in [-0.2, -0.15) is 0 Å². The fraction of sp³-hybridized carbons (Fsp3) is 0.455. The number of para-hydroxylation sites is 1. The van der Waals surface area contributed by atoms with Gasteiger partial charge in [0, 0.05) is 14.2 Å². The Balaban J connectivity index is 2.54. The number of aliphatic hydroxyl groups excluding tert-OH is 1. The van der Waals surface area contributed by atoms with Crippen molar-refractivity contribution in [2.75, 3.05) is 20.8 Å². The van der Waals surface area contributed by atoms with Crippen LogP contribution in [-0.4, -0.2) is 32.0 Å². The molecule has 15 heavy (non-hydrogen) atoms. The van der Waals surface area contributed by atoms with Gasteiger partial charge in [-0.25, -0.2) is 0 Å². The number of hydrogen-bond donors (Lipinski definition) is 1. The lowest BCUT2D eigenvalue weighted by atomic mass is 9.96. The summed E-state index contributed by atoms with van der Waals surface area (Å²) in [4.78, 5) is 0. The molecule has 0 fully saturated rings. The first-order valence-electron chi connectivity index (χ1n) is 4.75. The molecule has 0 saturated carbocycles. The largest absolute Gasteiger partial charge is 0.490 e. The van der Waals surface area contributed by atoms with Crippen molar-refractivity contribution in [3.8, 4) is 5.75 Å². The number of rotatable bonds is 2. The Morgan fingerprint density at radius 3 is 2.67 bits per heavy atom. The molecule has 1 aliphatic rings. The number of methoxy groups -OCH3 is 2. The first-order chi connectivity index (χ1) is 7.24. The van der Waals surface area contributed by atoms with Gasteiger partial charge in [-0.3, -0.25) is 0 Å². The van der Waals surface area contributed by atoms with Gasteiger partial charge in [0.2, 0.25) is 5.79 Å². The normalized spacial score (nSPS) is 23.0. The summed E-state index contributed by atoms with van der Waals surface area (Å²) < 4.78 is 16.0. The zero-order valence-electron chi connectivity index (χ0n) is 8.77. The van der Waals surface area contributed by atoms with Gasteiger partial charge in [0.1, 0.15) is 18.5 Å². The van der Waals surface area contributed by atoms with Crippen molar-refractivity contribution in [3.63, 3.8) is 0 Å². The molecule has 0 amide bonds. The number of hydrogen-bond acceptors (Lipinski definition) is 4. The molecule has 1 unspecified atom stereocenters. The Hall–Kier alpha value is -1.10. The van der Waals surface area contributed by atoms with Crippen LogP contribution in [0.1, 0.15) is 5.56 Å². The van der Waals surface area contributed by atoms with Gasteiger partial charge in [0.15, 0.2) is 0 Å². The highest BCUT2D eigenvalue weighted by Gasteiger charge is 2.46. The summed E-state index contributed by atoms with van der Waals surface area (Å²) in [5.74, 6) is -0.430. The standard InChI is InChI=1S/C11H14O4/c1-13-11(14-2)8-5-3-4-6-9(8)15-7-10(11)12/h3-6,10,12H,7H2,1-2H3. The second-order valence-corrected chi connectivity index (χ2v) is 3.40. The predicted molar refractivity (Wildman–Crippen MR) is 53.6 cm³/mol. The maximum absolute atomic E-state index is 9.89. The fourth-order valence-corrected chi connectivity index (χ4v) is 1.91. The summed E-state index contributed by atoms with van der Waals surface area (Å²) in [6, 6.07) is 7.37. The topological polar surface area (TPSA) is 47.9 Å². The number of aliphatic hydroxyl groups is 1. The molecule has 0 spiro atoms. The van der Waals surface area contributed by atoms with Crippen LogP contribution >= 0.6 is 0 Å². The molecule has 0 aliphatic carbocycles. The summed E-state index contributed by atoms with van der Waals surface area (Å²) in [5, 5.41) is 9.89. The van der Waals surface area contributed by atoms with Gasteiger partial charge in [-0.1, -0.05) is 12.1 Å². The van der Waals surface area contributed by atoms with Gasteiger partial charge in [-0.15, -0.1) is 0 Å². The van der Waals surface area contributed by atoms with Crippen LogP contribution in [0.2, 0.25) is 0 Å². The second kappa shape index (κ2) is 3.81. The predicted octanol–water partition coefficient (Wildman–Crippen LogP) is 0.885. The van der Waals surface area contributed by atoms with Crippen LogP contribution in [0.25, 0.3) is 0 Å². The monoisotopic (exact) mass is 210 g/mol. The highest BCUT2D eigenvalue weighted by molar-refractivity contribution is 5.39. The first-order valence-corrected chi connectivity index (χ1v) is 4.75. The molecule has 1 aromatic rings. The Morgan fingerprint density at radius 2 is 2.00 bits per heavy atom. The van der Waals surface area contributed by atoms with Crippen molar-refractivity contribution >= 4 is 0 Å². The lowest BCUT2D eigenvalue weighted by Gasteiger charge is -2.39. The van der Waals surface area contributed by atoms with E-state index in [4.69, 9.17) is 14.2 Å². The first kappa shape index (κ1) is 10.4. The van der Waals surface area contributed by atoms with Crippen LogP contribution in [0.5, 0.6) is 5.75 Å². The van der Waals surface area contributed by atoms with Crippen molar-refractivity contribution in [2.24, 2.45) is 0 Å². The van der Waals surface area contributed by atoms with E-state index in [9.17, 15) is 5.11 Å². The second-order valence-electron chi connectivity index (χ2n) is 3.40. The van der Waals surface area contributed by atoms with E-state index in [0.29, 0.717) is 11.3 Å². The Kier molecular flexibility index (Phi) is 2.65. The summed E-state index contributed by atoms with van der Waals surface area (Å²) in [7, 11) is 3.02. The molecule has 2 rings (SSSR count). The zero-order valence-corrected chi connectivity index (χ0v) is 8.77.